The first-order valence-corrected chi connectivity index (χ1v) is 13.9. The number of benzene rings is 2. The van der Waals surface area contributed by atoms with Crippen molar-refractivity contribution >= 4 is 29.2 Å². The van der Waals surface area contributed by atoms with Gasteiger partial charge in [0.1, 0.15) is 5.82 Å². The number of hydrogen-bond acceptors (Lipinski definition) is 3. The van der Waals surface area contributed by atoms with Gasteiger partial charge in [-0.3, -0.25) is 9.69 Å². The Morgan fingerprint density at radius 2 is 1.74 bits per heavy atom. The van der Waals surface area contributed by atoms with E-state index in [-0.39, 0.29) is 23.2 Å². The van der Waals surface area contributed by atoms with Crippen molar-refractivity contribution in [3.8, 4) is 0 Å². The SMILES string of the molecule is CC1(C)C2CC=C(CN(CCN3CCN(C(=O)Nc4ccc(Cl)cc4)CC3)C(=O)c3ccc(F)cc3)C1C2. The van der Waals surface area contributed by atoms with Crippen LogP contribution in [0.25, 0.3) is 0 Å². The largest absolute Gasteiger partial charge is 0.333 e. The van der Waals surface area contributed by atoms with Crippen LogP contribution in [0, 0.1) is 23.1 Å². The first-order chi connectivity index (χ1) is 18.2. The van der Waals surface area contributed by atoms with Crippen molar-refractivity contribution in [2.45, 2.75) is 26.7 Å². The van der Waals surface area contributed by atoms with Crippen LogP contribution in [-0.4, -0.2) is 72.5 Å². The van der Waals surface area contributed by atoms with Gasteiger partial charge in [0.05, 0.1) is 0 Å². The molecule has 202 valence electrons. The molecule has 0 aromatic heterocycles. The predicted molar refractivity (Wildman–Crippen MR) is 149 cm³/mol. The van der Waals surface area contributed by atoms with Crippen LogP contribution in [0.5, 0.6) is 0 Å². The minimum atomic E-state index is -0.344. The Hall–Kier alpha value is -2.90. The van der Waals surface area contributed by atoms with Crippen molar-refractivity contribution in [3.05, 3.63) is 76.6 Å². The minimum Gasteiger partial charge on any atom is -0.333 e. The summed E-state index contributed by atoms with van der Waals surface area (Å²) in [6, 6.07) is 12.8. The van der Waals surface area contributed by atoms with Crippen LogP contribution < -0.4 is 5.32 Å². The van der Waals surface area contributed by atoms with E-state index in [4.69, 9.17) is 11.6 Å². The van der Waals surface area contributed by atoms with E-state index in [0.717, 1.165) is 37.7 Å². The average molecular weight is 539 g/mol. The summed E-state index contributed by atoms with van der Waals surface area (Å²) in [5, 5.41) is 3.55. The van der Waals surface area contributed by atoms with Crippen molar-refractivity contribution in [1.29, 1.82) is 0 Å². The molecule has 2 fully saturated rings. The zero-order valence-electron chi connectivity index (χ0n) is 22.1. The van der Waals surface area contributed by atoms with Crippen LogP contribution in [-0.2, 0) is 0 Å². The highest BCUT2D eigenvalue weighted by atomic mass is 35.5. The fraction of sp³-hybridized carbons (Fsp3) is 0.467. The monoisotopic (exact) mass is 538 g/mol. The first-order valence-electron chi connectivity index (χ1n) is 13.5. The molecule has 1 heterocycles. The fourth-order valence-corrected chi connectivity index (χ4v) is 6.20. The van der Waals surface area contributed by atoms with Gasteiger partial charge < -0.3 is 15.1 Å². The molecule has 2 atom stereocenters. The van der Waals surface area contributed by atoms with Gasteiger partial charge in [0.25, 0.3) is 5.91 Å². The number of carbonyl (C=O) groups excluding carboxylic acids is 2. The number of hydrogen-bond donors (Lipinski definition) is 1. The Kier molecular flexibility index (Phi) is 7.78. The summed E-state index contributed by atoms with van der Waals surface area (Å²) in [6.45, 7) is 9.33. The number of piperazine rings is 1. The number of fused-ring (bicyclic) bond motifs is 1. The number of nitrogens with one attached hydrogen (secondary N) is 1. The number of nitrogens with zero attached hydrogens (tertiary/aromatic N) is 3. The Morgan fingerprint density at radius 3 is 2.37 bits per heavy atom. The number of allylic oxidation sites excluding steroid dienone is 1. The normalized spacial score (nSPS) is 22.3. The summed E-state index contributed by atoms with van der Waals surface area (Å²) in [5.41, 5.74) is 2.88. The van der Waals surface area contributed by atoms with Gasteiger partial charge in [0.2, 0.25) is 0 Å². The second kappa shape index (κ2) is 11.1. The van der Waals surface area contributed by atoms with Gasteiger partial charge in [-0.2, -0.15) is 0 Å². The van der Waals surface area contributed by atoms with E-state index in [1.807, 2.05) is 9.80 Å². The smallest absolute Gasteiger partial charge is 0.321 e. The maximum atomic E-state index is 13.5. The van der Waals surface area contributed by atoms with Crippen LogP contribution >= 0.6 is 11.6 Å². The van der Waals surface area contributed by atoms with E-state index in [0.29, 0.717) is 42.7 Å². The van der Waals surface area contributed by atoms with Crippen molar-refractivity contribution in [1.82, 2.24) is 14.7 Å². The number of carbonyl (C=O) groups is 2. The van der Waals surface area contributed by atoms with Gasteiger partial charge in [0, 0.05) is 62.1 Å². The number of anilines is 1. The summed E-state index contributed by atoms with van der Waals surface area (Å²) < 4.78 is 13.5. The molecule has 0 radical (unpaired) electrons. The predicted octanol–water partition coefficient (Wildman–Crippen LogP) is 5.76. The van der Waals surface area contributed by atoms with Crippen molar-refractivity contribution in [3.63, 3.8) is 0 Å². The Morgan fingerprint density at radius 1 is 1.05 bits per heavy atom. The molecule has 1 saturated heterocycles. The number of amides is 3. The molecule has 2 aromatic carbocycles. The zero-order valence-corrected chi connectivity index (χ0v) is 22.9. The Balaban J connectivity index is 1.18. The lowest BCUT2D eigenvalue weighted by molar-refractivity contribution is -0.0105. The number of rotatable bonds is 7. The summed E-state index contributed by atoms with van der Waals surface area (Å²) in [6.07, 6.45) is 4.63. The van der Waals surface area contributed by atoms with Crippen LogP contribution in [0.1, 0.15) is 37.0 Å². The minimum absolute atomic E-state index is 0.0638. The third-order valence-electron chi connectivity index (χ3n) is 8.78. The molecule has 4 aliphatic rings. The van der Waals surface area contributed by atoms with Gasteiger partial charge in [-0.25, -0.2) is 9.18 Å². The van der Waals surface area contributed by atoms with Gasteiger partial charge >= 0.3 is 6.03 Å². The van der Waals surface area contributed by atoms with Crippen LogP contribution in [0.4, 0.5) is 14.9 Å². The second-order valence-electron chi connectivity index (χ2n) is 11.3. The van der Waals surface area contributed by atoms with E-state index in [2.05, 4.69) is 30.1 Å². The maximum Gasteiger partial charge on any atom is 0.321 e. The van der Waals surface area contributed by atoms with Crippen molar-refractivity contribution in [2.75, 3.05) is 51.1 Å². The van der Waals surface area contributed by atoms with Crippen molar-refractivity contribution < 1.29 is 14.0 Å². The average Bonchev–Trinajstić information content (AvgIpc) is 2.92. The molecular formula is C30H36ClFN4O2. The van der Waals surface area contributed by atoms with Gasteiger partial charge in [-0.15, -0.1) is 0 Å². The highest BCUT2D eigenvalue weighted by Crippen LogP contribution is 2.59. The van der Waals surface area contributed by atoms with Crippen LogP contribution in [0.3, 0.4) is 0 Å². The third-order valence-corrected chi connectivity index (χ3v) is 9.03. The lowest BCUT2D eigenvalue weighted by atomic mass is 9.49. The second-order valence-corrected chi connectivity index (χ2v) is 11.8. The van der Waals surface area contributed by atoms with E-state index in [1.165, 1.54) is 24.1 Å². The molecule has 6 nitrogen and oxygen atoms in total. The molecule has 2 aromatic rings. The molecular weight excluding hydrogens is 503 g/mol. The topological polar surface area (TPSA) is 55.9 Å². The fourth-order valence-electron chi connectivity index (χ4n) is 6.08. The molecule has 3 aliphatic carbocycles. The van der Waals surface area contributed by atoms with E-state index >= 15 is 0 Å². The Labute approximate surface area is 229 Å². The zero-order chi connectivity index (χ0) is 26.9. The molecule has 0 spiro atoms. The maximum absolute atomic E-state index is 13.5. The molecule has 1 aliphatic heterocycles. The third kappa shape index (κ3) is 5.74. The van der Waals surface area contributed by atoms with Crippen LogP contribution in [0.15, 0.2) is 60.2 Å². The van der Waals surface area contributed by atoms with Crippen LogP contribution in [0.2, 0.25) is 5.02 Å². The van der Waals surface area contributed by atoms with Crippen molar-refractivity contribution in [2.24, 2.45) is 17.3 Å². The van der Waals surface area contributed by atoms with Gasteiger partial charge in [-0.05, 0) is 78.6 Å². The highest BCUT2D eigenvalue weighted by molar-refractivity contribution is 6.30. The standard InChI is InChI=1S/C30H36ClFN4O2/c1-30(2)23-6-3-22(27(30)19-23)20-36(28(37)21-4-9-25(32)10-5-21)18-15-34-13-16-35(17-14-34)29(38)33-26-11-7-24(31)8-12-26/h3-5,7-12,23,27H,6,13-20H2,1-2H3,(H,33,38). The summed E-state index contributed by atoms with van der Waals surface area (Å²) in [5.74, 6) is 0.854. The highest BCUT2D eigenvalue weighted by Gasteiger charge is 2.51. The lowest BCUT2D eigenvalue weighted by Crippen LogP contribution is -2.52. The van der Waals surface area contributed by atoms with Gasteiger partial charge in [0.15, 0.2) is 0 Å². The molecule has 8 heteroatoms. The van der Waals surface area contributed by atoms with E-state index < -0.39 is 0 Å². The molecule has 1 saturated carbocycles. The molecule has 6 rings (SSSR count). The molecule has 2 unspecified atom stereocenters. The quantitative estimate of drug-likeness (QED) is 0.456. The lowest BCUT2D eigenvalue weighted by Gasteiger charge is -2.57. The van der Waals surface area contributed by atoms with Gasteiger partial charge in [-0.1, -0.05) is 37.1 Å². The molecule has 2 bridgehead atoms. The molecule has 3 amide bonds. The molecule has 1 N–H and O–H groups in total. The summed E-state index contributed by atoms with van der Waals surface area (Å²) in [7, 11) is 0. The number of halogens is 2. The summed E-state index contributed by atoms with van der Waals surface area (Å²) in [4.78, 5) is 32.2. The number of urea groups is 1. The first kappa shape index (κ1) is 26.7. The Bertz CT molecular complexity index is 1190. The summed E-state index contributed by atoms with van der Waals surface area (Å²) >= 11 is 5.93. The molecule has 38 heavy (non-hydrogen) atoms. The van der Waals surface area contributed by atoms with E-state index in [9.17, 15) is 14.0 Å². The van der Waals surface area contributed by atoms with E-state index in [1.54, 1.807) is 36.4 Å².